The van der Waals surface area contributed by atoms with Gasteiger partial charge in [0, 0.05) is 0 Å². The summed E-state index contributed by atoms with van der Waals surface area (Å²) in [5, 5.41) is 11.2. The summed E-state index contributed by atoms with van der Waals surface area (Å²) >= 11 is 0. The van der Waals surface area contributed by atoms with Crippen LogP contribution >= 0.6 is 0 Å². The van der Waals surface area contributed by atoms with Gasteiger partial charge in [0.05, 0.1) is 0 Å². The van der Waals surface area contributed by atoms with E-state index in [4.69, 9.17) is 15.7 Å². The minimum absolute atomic E-state index is 0.0651. The van der Waals surface area contributed by atoms with Crippen LogP contribution in [-0.4, -0.2) is 17.6 Å². The lowest BCUT2D eigenvalue weighted by atomic mass is 10.1. The monoisotopic (exact) mass is 208 g/mol. The molecule has 0 saturated heterocycles. The van der Waals surface area contributed by atoms with Crippen molar-refractivity contribution in [1.82, 2.24) is 0 Å². The van der Waals surface area contributed by atoms with Gasteiger partial charge in [-0.25, -0.2) is 0 Å². The Hall–Kier alpha value is -1.71. The van der Waals surface area contributed by atoms with Crippen molar-refractivity contribution in [2.45, 2.75) is 20.8 Å². The summed E-state index contributed by atoms with van der Waals surface area (Å²) in [5.41, 5.74) is 8.63. The van der Waals surface area contributed by atoms with Gasteiger partial charge >= 0.3 is 0 Å². The Balaban J connectivity index is 2.89. The molecule has 0 atom stereocenters. The first kappa shape index (κ1) is 11.4. The van der Waals surface area contributed by atoms with Gasteiger partial charge in [-0.15, -0.1) is 0 Å². The van der Waals surface area contributed by atoms with E-state index in [-0.39, 0.29) is 12.4 Å². The molecule has 0 bridgehead atoms. The summed E-state index contributed by atoms with van der Waals surface area (Å²) in [5.74, 6) is 0.872. The minimum atomic E-state index is 0.0651. The van der Waals surface area contributed by atoms with E-state index in [1.807, 2.05) is 32.9 Å². The first-order valence-electron chi connectivity index (χ1n) is 4.72. The zero-order valence-corrected chi connectivity index (χ0v) is 9.24. The van der Waals surface area contributed by atoms with E-state index in [0.717, 1.165) is 22.4 Å². The number of hydrogen-bond acceptors (Lipinski definition) is 3. The second-order valence-corrected chi connectivity index (χ2v) is 3.53. The standard InChI is InChI=1S/C11H16N2O2/c1-7-4-5-8(2)11(9(7)3)15-6-10(12)13-14/h4-5,14H,6H2,1-3H3,(H2,12,13). The van der Waals surface area contributed by atoms with Crippen molar-refractivity contribution in [2.75, 3.05) is 6.61 Å². The highest BCUT2D eigenvalue weighted by Gasteiger charge is 2.06. The van der Waals surface area contributed by atoms with Crippen molar-refractivity contribution >= 4 is 5.84 Å². The highest BCUT2D eigenvalue weighted by Crippen LogP contribution is 2.25. The van der Waals surface area contributed by atoms with Crippen LogP contribution in [0.1, 0.15) is 16.7 Å². The van der Waals surface area contributed by atoms with Gasteiger partial charge in [-0.05, 0) is 37.5 Å². The summed E-state index contributed by atoms with van der Waals surface area (Å²) in [4.78, 5) is 0. The normalized spacial score (nSPS) is 11.5. The maximum Gasteiger partial charge on any atom is 0.177 e. The third-order valence-electron chi connectivity index (χ3n) is 2.37. The molecule has 0 aliphatic heterocycles. The molecule has 0 amide bonds. The van der Waals surface area contributed by atoms with Gasteiger partial charge in [-0.1, -0.05) is 17.3 Å². The van der Waals surface area contributed by atoms with Gasteiger partial charge in [0.25, 0.3) is 0 Å². The molecule has 82 valence electrons. The third-order valence-corrected chi connectivity index (χ3v) is 2.37. The van der Waals surface area contributed by atoms with Crippen LogP contribution in [-0.2, 0) is 0 Å². The van der Waals surface area contributed by atoms with Crippen LogP contribution < -0.4 is 10.5 Å². The highest BCUT2D eigenvalue weighted by atomic mass is 16.5. The molecule has 0 unspecified atom stereocenters. The van der Waals surface area contributed by atoms with E-state index in [1.54, 1.807) is 0 Å². The van der Waals surface area contributed by atoms with Crippen molar-refractivity contribution in [3.05, 3.63) is 28.8 Å². The molecule has 0 fully saturated rings. The smallest absolute Gasteiger partial charge is 0.177 e. The summed E-state index contributed by atoms with van der Waals surface area (Å²) in [6, 6.07) is 4.03. The molecule has 0 spiro atoms. The number of aryl methyl sites for hydroxylation is 2. The molecule has 1 rings (SSSR count). The van der Waals surface area contributed by atoms with E-state index >= 15 is 0 Å². The Morgan fingerprint density at radius 2 is 1.93 bits per heavy atom. The Bertz CT molecular complexity index is 386. The summed E-state index contributed by atoms with van der Waals surface area (Å²) in [6.45, 7) is 6.07. The predicted molar refractivity (Wildman–Crippen MR) is 59.6 cm³/mol. The molecule has 0 aromatic heterocycles. The second kappa shape index (κ2) is 4.68. The number of nitrogens with zero attached hydrogens (tertiary/aromatic N) is 1. The topological polar surface area (TPSA) is 67.8 Å². The van der Waals surface area contributed by atoms with Crippen LogP contribution in [0.25, 0.3) is 0 Å². The van der Waals surface area contributed by atoms with Gasteiger partial charge < -0.3 is 15.7 Å². The number of oxime groups is 1. The van der Waals surface area contributed by atoms with E-state index in [1.165, 1.54) is 0 Å². The number of rotatable bonds is 3. The fraction of sp³-hybridized carbons (Fsp3) is 0.364. The second-order valence-electron chi connectivity index (χ2n) is 3.53. The van der Waals surface area contributed by atoms with Crippen molar-refractivity contribution in [3.63, 3.8) is 0 Å². The molecule has 1 aromatic rings. The number of hydrogen-bond donors (Lipinski definition) is 2. The molecular formula is C11H16N2O2. The van der Waals surface area contributed by atoms with E-state index < -0.39 is 0 Å². The Labute approximate surface area is 89.4 Å². The molecule has 15 heavy (non-hydrogen) atoms. The molecule has 0 saturated carbocycles. The van der Waals surface area contributed by atoms with Crippen LogP contribution in [0.4, 0.5) is 0 Å². The third kappa shape index (κ3) is 2.62. The van der Waals surface area contributed by atoms with E-state index in [2.05, 4.69) is 5.16 Å². The largest absolute Gasteiger partial charge is 0.485 e. The minimum Gasteiger partial charge on any atom is -0.485 e. The van der Waals surface area contributed by atoms with Crippen LogP contribution in [0.15, 0.2) is 17.3 Å². The van der Waals surface area contributed by atoms with Crippen LogP contribution in [0, 0.1) is 20.8 Å². The molecule has 0 aliphatic carbocycles. The van der Waals surface area contributed by atoms with Gasteiger partial charge in [-0.3, -0.25) is 0 Å². The lowest BCUT2D eigenvalue weighted by molar-refractivity contribution is 0.305. The fourth-order valence-electron chi connectivity index (χ4n) is 1.32. The molecule has 0 radical (unpaired) electrons. The zero-order valence-electron chi connectivity index (χ0n) is 9.24. The van der Waals surface area contributed by atoms with Gasteiger partial charge in [-0.2, -0.15) is 0 Å². The quantitative estimate of drug-likeness (QED) is 0.344. The van der Waals surface area contributed by atoms with Crippen LogP contribution in [0.5, 0.6) is 5.75 Å². The first-order valence-corrected chi connectivity index (χ1v) is 4.72. The Morgan fingerprint density at radius 1 is 1.33 bits per heavy atom. The summed E-state index contributed by atoms with van der Waals surface area (Å²) in [7, 11) is 0. The van der Waals surface area contributed by atoms with Crippen LogP contribution in [0.2, 0.25) is 0 Å². The molecule has 3 N–H and O–H groups in total. The Kier molecular flexibility index (Phi) is 3.55. The van der Waals surface area contributed by atoms with Crippen molar-refractivity contribution in [3.8, 4) is 5.75 Å². The number of nitrogens with two attached hydrogens (primary N) is 1. The molecule has 0 aliphatic rings. The first-order chi connectivity index (χ1) is 7.06. The lowest BCUT2D eigenvalue weighted by Gasteiger charge is -2.13. The Morgan fingerprint density at radius 3 is 2.53 bits per heavy atom. The molecular weight excluding hydrogens is 192 g/mol. The maximum absolute atomic E-state index is 8.39. The summed E-state index contributed by atoms with van der Waals surface area (Å²) in [6.07, 6.45) is 0. The number of amidine groups is 1. The van der Waals surface area contributed by atoms with Crippen LogP contribution in [0.3, 0.4) is 0 Å². The van der Waals surface area contributed by atoms with E-state index in [9.17, 15) is 0 Å². The fourth-order valence-corrected chi connectivity index (χ4v) is 1.32. The summed E-state index contributed by atoms with van der Waals surface area (Å²) < 4.78 is 5.49. The molecule has 4 nitrogen and oxygen atoms in total. The average Bonchev–Trinajstić information content (AvgIpc) is 2.23. The van der Waals surface area contributed by atoms with Gasteiger partial charge in [0.15, 0.2) is 5.84 Å². The highest BCUT2D eigenvalue weighted by molar-refractivity contribution is 5.81. The number of benzene rings is 1. The van der Waals surface area contributed by atoms with Gasteiger partial charge in [0.1, 0.15) is 12.4 Å². The maximum atomic E-state index is 8.39. The molecule has 0 heterocycles. The predicted octanol–water partition coefficient (Wildman–Crippen LogP) is 1.74. The van der Waals surface area contributed by atoms with E-state index in [0.29, 0.717) is 0 Å². The molecule has 1 aromatic carbocycles. The SMILES string of the molecule is Cc1ccc(C)c(OC/C(N)=N/O)c1C. The lowest BCUT2D eigenvalue weighted by Crippen LogP contribution is -2.21. The molecule has 4 heteroatoms. The average molecular weight is 208 g/mol. The van der Waals surface area contributed by atoms with Gasteiger partial charge in [0.2, 0.25) is 0 Å². The van der Waals surface area contributed by atoms with Crippen molar-refractivity contribution < 1.29 is 9.94 Å². The van der Waals surface area contributed by atoms with Crippen molar-refractivity contribution in [1.29, 1.82) is 0 Å². The zero-order chi connectivity index (χ0) is 11.4. The van der Waals surface area contributed by atoms with Crippen molar-refractivity contribution in [2.24, 2.45) is 10.9 Å². The number of ether oxygens (including phenoxy) is 1.